The molecule has 1 N–H and O–H groups in total. The summed E-state index contributed by atoms with van der Waals surface area (Å²) in [6.07, 6.45) is 2.79. The van der Waals surface area contributed by atoms with Crippen molar-refractivity contribution in [3.63, 3.8) is 0 Å². The number of likely N-dealkylation sites (tertiary alicyclic amines) is 1. The van der Waals surface area contributed by atoms with Gasteiger partial charge in [0.2, 0.25) is 5.91 Å². The predicted octanol–water partition coefficient (Wildman–Crippen LogP) is 0.936. The van der Waals surface area contributed by atoms with Gasteiger partial charge >= 0.3 is 0 Å². The molecule has 0 radical (unpaired) electrons. The third kappa shape index (κ3) is 2.31. The summed E-state index contributed by atoms with van der Waals surface area (Å²) < 4.78 is 0. The molecule has 0 spiro atoms. The zero-order valence-electron chi connectivity index (χ0n) is 8.50. The van der Waals surface area contributed by atoms with E-state index in [0.29, 0.717) is 13.1 Å². The quantitative estimate of drug-likeness (QED) is 0.647. The van der Waals surface area contributed by atoms with Crippen LogP contribution >= 0.6 is 0 Å². The summed E-state index contributed by atoms with van der Waals surface area (Å²) in [6, 6.07) is 0. The molecule has 0 aromatic carbocycles. The van der Waals surface area contributed by atoms with Crippen molar-refractivity contribution in [3.8, 4) is 0 Å². The summed E-state index contributed by atoms with van der Waals surface area (Å²) >= 11 is 0. The number of hydrogen-bond donors (Lipinski definition) is 1. The Balaban J connectivity index is 2.48. The molecule has 1 rings (SSSR count). The van der Waals surface area contributed by atoms with Crippen molar-refractivity contribution >= 4 is 5.91 Å². The molecule has 0 bridgehead atoms. The minimum atomic E-state index is -0.665. The van der Waals surface area contributed by atoms with Crippen LogP contribution in [0.2, 0.25) is 0 Å². The molecule has 3 nitrogen and oxygen atoms in total. The molecule has 1 aliphatic heterocycles. The van der Waals surface area contributed by atoms with Gasteiger partial charge < -0.3 is 10.0 Å². The Morgan fingerprint density at radius 3 is 2.54 bits per heavy atom. The van der Waals surface area contributed by atoms with Gasteiger partial charge in [-0.1, -0.05) is 13.0 Å². The van der Waals surface area contributed by atoms with Crippen molar-refractivity contribution in [2.45, 2.75) is 32.8 Å². The first kappa shape index (κ1) is 10.3. The van der Waals surface area contributed by atoms with Gasteiger partial charge in [0, 0.05) is 5.57 Å². The van der Waals surface area contributed by atoms with E-state index in [4.69, 9.17) is 0 Å². The van der Waals surface area contributed by atoms with E-state index in [9.17, 15) is 9.90 Å². The van der Waals surface area contributed by atoms with Crippen molar-refractivity contribution in [2.24, 2.45) is 0 Å². The van der Waals surface area contributed by atoms with Crippen molar-refractivity contribution in [1.82, 2.24) is 4.90 Å². The summed E-state index contributed by atoms with van der Waals surface area (Å²) in [5.74, 6) is 0.0494. The summed E-state index contributed by atoms with van der Waals surface area (Å²) in [5.41, 5.74) is 0.111. The topological polar surface area (TPSA) is 40.5 Å². The van der Waals surface area contributed by atoms with Crippen LogP contribution in [0.3, 0.4) is 0 Å². The predicted molar refractivity (Wildman–Crippen MR) is 51.3 cm³/mol. The average molecular weight is 183 g/mol. The van der Waals surface area contributed by atoms with Crippen LogP contribution in [0.25, 0.3) is 0 Å². The number of β-amino-alcohol motifs (C(OH)–C–C–N with tert-alkyl or cyclic N) is 1. The lowest BCUT2D eigenvalue weighted by atomic mass is 9.96. The zero-order chi connectivity index (χ0) is 10.1. The molecule has 0 aromatic rings. The molecule has 1 aliphatic rings. The maximum Gasteiger partial charge on any atom is 0.249 e. The second-order valence-corrected chi connectivity index (χ2v) is 3.95. The molecule has 0 aliphatic carbocycles. The molecule has 1 amide bonds. The number of aliphatic hydroxyl groups is 1. The summed E-state index contributed by atoms with van der Waals surface area (Å²) in [6.45, 7) is 6.49. The highest BCUT2D eigenvalue weighted by atomic mass is 16.3. The highest BCUT2D eigenvalue weighted by molar-refractivity contribution is 5.93. The molecule has 0 atom stereocenters. The van der Waals surface area contributed by atoms with Gasteiger partial charge in [0.15, 0.2) is 0 Å². The maximum atomic E-state index is 11.5. The Hall–Kier alpha value is -0.830. The normalized spacial score (nSPS) is 21.2. The number of hydrogen-bond acceptors (Lipinski definition) is 2. The summed E-state index contributed by atoms with van der Waals surface area (Å²) in [5, 5.41) is 9.43. The third-order valence-electron chi connectivity index (χ3n) is 2.20. The first-order chi connectivity index (χ1) is 5.96. The SMILES string of the molecule is CC/C=C(/C)C(=O)N1CC(C)(O)C1. The molecule has 0 saturated carbocycles. The largest absolute Gasteiger partial charge is 0.386 e. The van der Waals surface area contributed by atoms with Crippen LogP contribution < -0.4 is 0 Å². The molecule has 0 unspecified atom stereocenters. The van der Waals surface area contributed by atoms with Crippen LogP contribution in [0.1, 0.15) is 27.2 Å². The Morgan fingerprint density at radius 2 is 2.15 bits per heavy atom. The summed E-state index contributed by atoms with van der Waals surface area (Å²) in [4.78, 5) is 13.2. The van der Waals surface area contributed by atoms with E-state index < -0.39 is 5.60 Å². The standard InChI is InChI=1S/C10H17NO2/c1-4-5-8(2)9(12)11-6-10(3,13)7-11/h5,13H,4,6-7H2,1-3H3/b8-5-. The number of nitrogens with zero attached hydrogens (tertiary/aromatic N) is 1. The number of carbonyl (C=O) groups is 1. The van der Waals surface area contributed by atoms with Crippen LogP contribution in [0.15, 0.2) is 11.6 Å². The fraction of sp³-hybridized carbons (Fsp3) is 0.700. The average Bonchev–Trinajstić information content (AvgIpc) is 1.99. The highest BCUT2D eigenvalue weighted by Gasteiger charge is 2.39. The molecule has 13 heavy (non-hydrogen) atoms. The van der Waals surface area contributed by atoms with Gasteiger partial charge in [-0.2, -0.15) is 0 Å². The molecule has 1 fully saturated rings. The van der Waals surface area contributed by atoms with Gasteiger partial charge in [-0.05, 0) is 20.3 Å². The number of rotatable bonds is 2. The van der Waals surface area contributed by atoms with Crippen LogP contribution in [0.4, 0.5) is 0 Å². The van der Waals surface area contributed by atoms with Gasteiger partial charge in [-0.25, -0.2) is 0 Å². The lowest BCUT2D eigenvalue weighted by Crippen LogP contribution is -2.61. The van der Waals surface area contributed by atoms with Gasteiger partial charge in [0.25, 0.3) is 0 Å². The molecule has 1 heterocycles. The molecular formula is C10H17NO2. The van der Waals surface area contributed by atoms with E-state index in [0.717, 1.165) is 12.0 Å². The molecule has 3 heteroatoms. The zero-order valence-corrected chi connectivity index (χ0v) is 8.50. The number of amides is 1. The monoisotopic (exact) mass is 183 g/mol. The fourth-order valence-electron chi connectivity index (χ4n) is 1.56. The fourth-order valence-corrected chi connectivity index (χ4v) is 1.56. The second kappa shape index (κ2) is 3.50. The van der Waals surface area contributed by atoms with E-state index in [-0.39, 0.29) is 5.91 Å². The molecule has 1 saturated heterocycles. The van der Waals surface area contributed by atoms with Gasteiger partial charge in [0.1, 0.15) is 0 Å². The minimum absolute atomic E-state index is 0.0494. The van der Waals surface area contributed by atoms with Gasteiger partial charge in [-0.15, -0.1) is 0 Å². The van der Waals surface area contributed by atoms with Gasteiger partial charge in [0.05, 0.1) is 18.7 Å². The van der Waals surface area contributed by atoms with E-state index in [1.54, 1.807) is 11.8 Å². The van der Waals surface area contributed by atoms with Crippen molar-refractivity contribution in [1.29, 1.82) is 0 Å². The van der Waals surface area contributed by atoms with E-state index in [1.165, 1.54) is 0 Å². The highest BCUT2D eigenvalue weighted by Crippen LogP contribution is 2.21. The van der Waals surface area contributed by atoms with Crippen LogP contribution in [0.5, 0.6) is 0 Å². The maximum absolute atomic E-state index is 11.5. The van der Waals surface area contributed by atoms with Crippen LogP contribution in [-0.2, 0) is 4.79 Å². The third-order valence-corrected chi connectivity index (χ3v) is 2.20. The molecule has 74 valence electrons. The molecule has 0 aromatic heterocycles. The smallest absolute Gasteiger partial charge is 0.249 e. The minimum Gasteiger partial charge on any atom is -0.386 e. The first-order valence-corrected chi connectivity index (χ1v) is 4.64. The van der Waals surface area contributed by atoms with E-state index >= 15 is 0 Å². The Kier molecular flexibility index (Phi) is 2.76. The Morgan fingerprint density at radius 1 is 1.62 bits per heavy atom. The Bertz CT molecular complexity index is 235. The first-order valence-electron chi connectivity index (χ1n) is 4.64. The number of carbonyl (C=O) groups excluding carboxylic acids is 1. The second-order valence-electron chi connectivity index (χ2n) is 3.95. The van der Waals surface area contributed by atoms with E-state index in [1.807, 2.05) is 19.9 Å². The Labute approximate surface area is 79.0 Å². The van der Waals surface area contributed by atoms with Crippen molar-refractivity contribution in [3.05, 3.63) is 11.6 Å². The van der Waals surface area contributed by atoms with Crippen molar-refractivity contribution in [2.75, 3.05) is 13.1 Å². The van der Waals surface area contributed by atoms with E-state index in [2.05, 4.69) is 0 Å². The summed E-state index contributed by atoms with van der Waals surface area (Å²) in [7, 11) is 0. The molecular weight excluding hydrogens is 166 g/mol. The number of allylic oxidation sites excluding steroid dienone is 1. The van der Waals surface area contributed by atoms with Crippen LogP contribution in [0, 0.1) is 0 Å². The van der Waals surface area contributed by atoms with Gasteiger partial charge in [-0.3, -0.25) is 4.79 Å². The van der Waals surface area contributed by atoms with Crippen LogP contribution in [-0.4, -0.2) is 34.6 Å². The lowest BCUT2D eigenvalue weighted by Gasteiger charge is -2.44. The lowest BCUT2D eigenvalue weighted by molar-refractivity contribution is -0.148. The van der Waals surface area contributed by atoms with Crippen molar-refractivity contribution < 1.29 is 9.90 Å².